The van der Waals surface area contributed by atoms with Gasteiger partial charge in [-0.3, -0.25) is 0 Å². The Morgan fingerprint density at radius 3 is 1.23 bits per heavy atom. The summed E-state index contributed by atoms with van der Waals surface area (Å²) in [6.45, 7) is 20.8. The van der Waals surface area contributed by atoms with Gasteiger partial charge in [-0.05, 0) is 123 Å². The van der Waals surface area contributed by atoms with Crippen molar-refractivity contribution >= 4 is 0 Å². The highest BCUT2D eigenvalue weighted by atomic mass is 16.5. The van der Waals surface area contributed by atoms with Crippen LogP contribution < -0.4 is 0 Å². The van der Waals surface area contributed by atoms with Gasteiger partial charge in [-0.2, -0.15) is 0 Å². The minimum Gasteiger partial charge on any atom is -0.507 e. The maximum absolute atomic E-state index is 11.4. The third kappa shape index (κ3) is 7.03. The minimum absolute atomic E-state index is 0.210. The van der Waals surface area contributed by atoms with Gasteiger partial charge in [-0.15, -0.1) is 0 Å². The zero-order chi connectivity index (χ0) is 31.8. The van der Waals surface area contributed by atoms with Gasteiger partial charge in [0.15, 0.2) is 0 Å². The molecule has 0 aromatic heterocycles. The molecule has 0 fully saturated rings. The van der Waals surface area contributed by atoms with E-state index in [1.165, 1.54) is 0 Å². The Bertz CT molecular complexity index is 1410. The van der Waals surface area contributed by atoms with Gasteiger partial charge in [0.2, 0.25) is 0 Å². The minimum atomic E-state index is -0.246. The van der Waals surface area contributed by atoms with Crippen molar-refractivity contribution < 1.29 is 29.5 Å². The smallest absolute Gasteiger partial charge is 0.126 e. The highest BCUT2D eigenvalue weighted by Gasteiger charge is 2.30. The number of benzene rings is 3. The first kappa shape index (κ1) is 34.4. The van der Waals surface area contributed by atoms with Crippen LogP contribution in [0.2, 0.25) is 0 Å². The summed E-state index contributed by atoms with van der Waals surface area (Å²) in [6, 6.07) is 6.31. The summed E-state index contributed by atoms with van der Waals surface area (Å²) in [5.74, 6) is 0.624. The monoisotopic (exact) mass is 592 g/mol. The Morgan fingerprint density at radius 2 is 0.837 bits per heavy atom. The van der Waals surface area contributed by atoms with Crippen molar-refractivity contribution in [2.24, 2.45) is 0 Å². The van der Waals surface area contributed by atoms with Gasteiger partial charge in [-0.25, -0.2) is 0 Å². The number of ether oxygens (including phenoxy) is 3. The molecule has 1 atom stereocenters. The highest BCUT2D eigenvalue weighted by molar-refractivity contribution is 5.62. The Labute approximate surface area is 258 Å². The maximum atomic E-state index is 11.4. The number of aromatic hydroxyl groups is 3. The Balaban J connectivity index is 2.55. The summed E-state index contributed by atoms with van der Waals surface area (Å²) in [4.78, 5) is 0. The maximum Gasteiger partial charge on any atom is 0.126 e. The van der Waals surface area contributed by atoms with Crippen LogP contribution in [0.15, 0.2) is 18.2 Å². The molecule has 3 aromatic rings. The second kappa shape index (κ2) is 15.6. The second-order valence-electron chi connectivity index (χ2n) is 11.1. The molecule has 3 aromatic carbocycles. The van der Waals surface area contributed by atoms with Gasteiger partial charge in [0.05, 0.1) is 19.8 Å². The summed E-state index contributed by atoms with van der Waals surface area (Å²) >= 11 is 0. The van der Waals surface area contributed by atoms with Crippen LogP contribution in [0.1, 0.15) is 114 Å². The van der Waals surface area contributed by atoms with Crippen molar-refractivity contribution in [3.8, 4) is 17.2 Å². The fourth-order valence-electron chi connectivity index (χ4n) is 6.29. The number of phenols is 3. The first-order valence-corrected chi connectivity index (χ1v) is 15.9. The molecule has 0 aliphatic carbocycles. The first-order chi connectivity index (χ1) is 20.6. The van der Waals surface area contributed by atoms with E-state index in [1.807, 2.05) is 20.8 Å². The van der Waals surface area contributed by atoms with Crippen LogP contribution >= 0.6 is 0 Å². The quantitative estimate of drug-likeness (QED) is 0.154. The van der Waals surface area contributed by atoms with E-state index in [0.29, 0.717) is 62.8 Å². The molecular formula is C37H52O6. The first-order valence-electron chi connectivity index (χ1n) is 15.9. The topological polar surface area (TPSA) is 88.4 Å². The third-order valence-corrected chi connectivity index (χ3v) is 8.81. The van der Waals surface area contributed by atoms with Crippen molar-refractivity contribution in [1.82, 2.24) is 0 Å². The third-order valence-electron chi connectivity index (χ3n) is 8.81. The molecule has 6 nitrogen and oxygen atoms in total. The number of phenolic OH excluding ortho intramolecular Hbond substituents is 3. The summed E-state index contributed by atoms with van der Waals surface area (Å²) in [7, 11) is 0. The van der Waals surface area contributed by atoms with Crippen LogP contribution in [0.25, 0.3) is 0 Å². The summed E-state index contributed by atoms with van der Waals surface area (Å²) in [5.41, 5.74) is 11.2. The lowest BCUT2D eigenvalue weighted by molar-refractivity contribution is 0.125. The molecule has 0 amide bonds. The van der Waals surface area contributed by atoms with E-state index in [1.54, 1.807) is 0 Å². The fraction of sp³-hybridized carbons (Fsp3) is 0.514. The molecule has 3 rings (SSSR count). The van der Waals surface area contributed by atoms with Crippen LogP contribution in [0.5, 0.6) is 17.2 Å². The molecule has 3 N–H and O–H groups in total. The van der Waals surface area contributed by atoms with Crippen molar-refractivity contribution in [2.75, 3.05) is 19.8 Å². The lowest BCUT2D eigenvalue weighted by atomic mass is 9.75. The zero-order valence-corrected chi connectivity index (χ0v) is 27.7. The normalized spacial score (nSPS) is 12.2. The molecule has 0 saturated carbocycles. The van der Waals surface area contributed by atoms with Crippen molar-refractivity contribution in [1.29, 1.82) is 0 Å². The molecule has 236 valence electrons. The van der Waals surface area contributed by atoms with Crippen molar-refractivity contribution in [3.63, 3.8) is 0 Å². The molecular weight excluding hydrogens is 540 g/mol. The van der Waals surface area contributed by atoms with Crippen LogP contribution in [0, 0.1) is 20.8 Å². The average molecular weight is 593 g/mol. The van der Waals surface area contributed by atoms with Crippen LogP contribution in [0.4, 0.5) is 0 Å². The summed E-state index contributed by atoms with van der Waals surface area (Å²) < 4.78 is 17.5. The number of rotatable bonds is 15. The molecule has 0 aliphatic rings. The van der Waals surface area contributed by atoms with E-state index in [0.717, 1.165) is 61.2 Å². The number of hydrogen-bond acceptors (Lipinski definition) is 6. The van der Waals surface area contributed by atoms with Crippen molar-refractivity contribution in [3.05, 3.63) is 85.0 Å². The number of hydrogen-bond donors (Lipinski definition) is 3. The molecule has 0 saturated heterocycles. The number of aryl methyl sites for hydroxylation is 1. The lowest BCUT2D eigenvalue weighted by Crippen LogP contribution is -2.15. The largest absolute Gasteiger partial charge is 0.507 e. The fourth-order valence-corrected chi connectivity index (χ4v) is 6.29. The van der Waals surface area contributed by atoms with Crippen LogP contribution in [0.3, 0.4) is 0 Å². The Kier molecular flexibility index (Phi) is 12.5. The summed E-state index contributed by atoms with van der Waals surface area (Å²) in [6.07, 6.45) is 2.07. The average Bonchev–Trinajstić information content (AvgIpc) is 2.99. The standard InChI is InChI=1S/C37H52O6/c1-10-25-16-30(22(7)28(11-2)35(25)38)34(31-17-26(19-41-13-4)36(39)29(12-3)23(31)8)32-18-27(20-42-14-5)37(40)33(24(32)9)21-43-15-6/h16-18,34,38-40H,10-15,19-21H2,1-9H3. The van der Waals surface area contributed by atoms with E-state index in [4.69, 9.17) is 14.2 Å². The van der Waals surface area contributed by atoms with E-state index < -0.39 is 0 Å². The predicted octanol–water partition coefficient (Wildman–Crippen LogP) is 8.21. The van der Waals surface area contributed by atoms with E-state index in [-0.39, 0.29) is 24.9 Å². The Morgan fingerprint density at radius 1 is 0.488 bits per heavy atom. The zero-order valence-electron chi connectivity index (χ0n) is 27.7. The highest BCUT2D eigenvalue weighted by Crippen LogP contribution is 2.46. The Hall–Kier alpha value is -3.06. The molecule has 0 radical (unpaired) electrons. The molecule has 6 heteroatoms. The van der Waals surface area contributed by atoms with E-state index in [2.05, 4.69) is 59.7 Å². The van der Waals surface area contributed by atoms with Gasteiger partial charge in [0.1, 0.15) is 17.2 Å². The second-order valence-corrected chi connectivity index (χ2v) is 11.1. The predicted molar refractivity (Wildman–Crippen MR) is 174 cm³/mol. The summed E-state index contributed by atoms with van der Waals surface area (Å²) in [5, 5.41) is 33.9. The van der Waals surface area contributed by atoms with Gasteiger partial charge >= 0.3 is 0 Å². The SMILES string of the molecule is CCOCc1cc(C(c2cc(CC)c(O)c(CC)c2C)c2cc(COCC)c(O)c(COCC)c2C)c(C)c(CC)c1O. The van der Waals surface area contributed by atoms with Crippen LogP contribution in [-0.4, -0.2) is 35.1 Å². The molecule has 0 spiro atoms. The van der Waals surface area contributed by atoms with E-state index in [9.17, 15) is 15.3 Å². The molecule has 0 heterocycles. The van der Waals surface area contributed by atoms with Gasteiger partial charge in [0.25, 0.3) is 0 Å². The molecule has 0 bridgehead atoms. The van der Waals surface area contributed by atoms with E-state index >= 15 is 0 Å². The van der Waals surface area contributed by atoms with Gasteiger partial charge < -0.3 is 29.5 Å². The van der Waals surface area contributed by atoms with Gasteiger partial charge in [0, 0.05) is 42.4 Å². The molecule has 43 heavy (non-hydrogen) atoms. The van der Waals surface area contributed by atoms with Crippen molar-refractivity contribution in [2.45, 2.75) is 107 Å². The van der Waals surface area contributed by atoms with Crippen LogP contribution in [-0.2, 0) is 53.3 Å². The van der Waals surface area contributed by atoms with Gasteiger partial charge in [-0.1, -0.05) is 26.8 Å². The lowest BCUT2D eigenvalue weighted by Gasteiger charge is -2.30. The molecule has 0 aliphatic heterocycles. The molecule has 1 unspecified atom stereocenters.